The molecule has 0 unspecified atom stereocenters. The molecule has 4 rings (SSSR count). The average Bonchev–Trinajstić information content (AvgIpc) is 3.10. The molecule has 0 saturated heterocycles. The van der Waals surface area contributed by atoms with E-state index < -0.39 is 0 Å². The number of hydrogen-bond donors (Lipinski definition) is 0. The number of ether oxygens (including phenoxy) is 2. The van der Waals surface area contributed by atoms with Gasteiger partial charge in [0.05, 0.1) is 0 Å². The van der Waals surface area contributed by atoms with Crippen molar-refractivity contribution in [3.05, 3.63) is 89.7 Å². The second-order valence-corrected chi connectivity index (χ2v) is 5.74. The van der Waals surface area contributed by atoms with Crippen LogP contribution in [-0.2, 0) is 6.54 Å². The number of pyridine rings is 1. The predicted octanol–water partition coefficient (Wildman–Crippen LogP) is 0.925. The van der Waals surface area contributed by atoms with E-state index in [0.717, 1.165) is 29.2 Å². The second kappa shape index (κ2) is 7.99. The minimum absolute atomic E-state index is 0. The average molecular weight is 396 g/mol. The van der Waals surface area contributed by atoms with Gasteiger partial charge in [-0.1, -0.05) is 48.6 Å². The Morgan fingerprint density at radius 3 is 2.32 bits per heavy atom. The van der Waals surface area contributed by atoms with Gasteiger partial charge < -0.3 is 26.5 Å². The number of benzene rings is 2. The molecule has 25 heavy (non-hydrogen) atoms. The fourth-order valence-electron chi connectivity index (χ4n) is 2.69. The van der Waals surface area contributed by atoms with Gasteiger partial charge in [0.2, 0.25) is 6.79 Å². The minimum Gasteiger partial charge on any atom is -1.00 e. The molecule has 0 N–H and O–H groups in total. The summed E-state index contributed by atoms with van der Waals surface area (Å²) in [7, 11) is 0. The lowest BCUT2D eigenvalue weighted by molar-refractivity contribution is -0.688. The van der Waals surface area contributed by atoms with Crippen molar-refractivity contribution in [2.45, 2.75) is 6.54 Å². The van der Waals surface area contributed by atoms with Gasteiger partial charge in [0, 0.05) is 17.7 Å². The lowest BCUT2D eigenvalue weighted by Gasteiger charge is -1.99. The molecule has 0 atom stereocenters. The first-order chi connectivity index (χ1) is 11.9. The van der Waals surface area contributed by atoms with Crippen LogP contribution in [0.5, 0.6) is 11.5 Å². The van der Waals surface area contributed by atoms with Crippen molar-refractivity contribution in [2.75, 3.05) is 6.79 Å². The maximum Gasteiger partial charge on any atom is 0.231 e. The van der Waals surface area contributed by atoms with E-state index in [1.165, 1.54) is 5.56 Å². The number of hydrogen-bond acceptors (Lipinski definition) is 2. The Kier molecular flexibility index (Phi) is 5.51. The van der Waals surface area contributed by atoms with Crippen LogP contribution < -0.4 is 31.0 Å². The van der Waals surface area contributed by atoms with Gasteiger partial charge >= 0.3 is 0 Å². The number of nitrogens with zero attached hydrogens (tertiary/aromatic N) is 1. The number of fused-ring (bicyclic) bond motifs is 1. The Labute approximate surface area is 157 Å². The molecule has 0 fully saturated rings. The van der Waals surface area contributed by atoms with Crippen molar-refractivity contribution in [2.24, 2.45) is 0 Å². The van der Waals surface area contributed by atoms with E-state index >= 15 is 0 Å². The lowest BCUT2D eigenvalue weighted by atomic mass is 10.1. The van der Waals surface area contributed by atoms with Crippen molar-refractivity contribution >= 4 is 12.2 Å². The quantitative estimate of drug-likeness (QED) is 0.613. The second-order valence-electron chi connectivity index (χ2n) is 5.74. The molecule has 4 heteroatoms. The molecular formula is C21H18BrNO2. The van der Waals surface area contributed by atoms with Crippen LogP contribution in [0.1, 0.15) is 16.7 Å². The van der Waals surface area contributed by atoms with Gasteiger partial charge in [0.25, 0.3) is 0 Å². The zero-order chi connectivity index (χ0) is 16.2. The summed E-state index contributed by atoms with van der Waals surface area (Å²) in [4.78, 5) is 0. The van der Waals surface area contributed by atoms with E-state index in [4.69, 9.17) is 9.47 Å². The van der Waals surface area contributed by atoms with Gasteiger partial charge in [-0.25, -0.2) is 4.57 Å². The SMILES string of the molecule is C(=C\c1ccc2c(c1)OCO2)/c1cc[n+](Cc2ccccc2)cc1.[Br-]. The Hall–Kier alpha value is -2.59. The van der Waals surface area contributed by atoms with Crippen LogP contribution in [0.25, 0.3) is 12.2 Å². The maximum absolute atomic E-state index is 5.40. The van der Waals surface area contributed by atoms with Crippen LogP contribution in [0.15, 0.2) is 73.1 Å². The summed E-state index contributed by atoms with van der Waals surface area (Å²) in [6.45, 7) is 1.19. The highest BCUT2D eigenvalue weighted by Gasteiger charge is 2.12. The molecule has 2 aromatic carbocycles. The number of rotatable bonds is 4. The fourth-order valence-corrected chi connectivity index (χ4v) is 2.69. The molecular weight excluding hydrogens is 378 g/mol. The van der Waals surface area contributed by atoms with E-state index in [2.05, 4.69) is 65.5 Å². The summed E-state index contributed by atoms with van der Waals surface area (Å²) < 4.78 is 12.9. The standard InChI is InChI=1S/C21H18NO2.BrH/c1-2-4-19(5-3-1)15-22-12-10-17(11-13-22)6-7-18-8-9-20-21(14-18)24-16-23-20;/h1-14H,15-16H2;1H/q+1;/p-1/b7-6+;. The van der Waals surface area contributed by atoms with Crippen LogP contribution in [-0.4, -0.2) is 6.79 Å². The van der Waals surface area contributed by atoms with Crippen molar-refractivity contribution in [3.8, 4) is 11.5 Å². The molecule has 126 valence electrons. The summed E-state index contributed by atoms with van der Waals surface area (Å²) in [6, 6.07) is 20.7. The summed E-state index contributed by atoms with van der Waals surface area (Å²) >= 11 is 0. The van der Waals surface area contributed by atoms with Crippen LogP contribution in [0, 0.1) is 0 Å². The Bertz CT molecular complexity index is 861. The number of aromatic nitrogens is 1. The van der Waals surface area contributed by atoms with Gasteiger partial charge in [-0.2, -0.15) is 0 Å². The van der Waals surface area contributed by atoms with E-state index in [1.807, 2.05) is 24.3 Å². The smallest absolute Gasteiger partial charge is 0.231 e. The number of halogens is 1. The first-order valence-electron chi connectivity index (χ1n) is 7.98. The van der Waals surface area contributed by atoms with E-state index in [9.17, 15) is 0 Å². The third kappa shape index (κ3) is 4.28. The molecule has 0 saturated carbocycles. The summed E-state index contributed by atoms with van der Waals surface area (Å²) in [5, 5.41) is 0. The lowest BCUT2D eigenvalue weighted by Crippen LogP contribution is -3.00. The highest BCUT2D eigenvalue weighted by atomic mass is 79.9. The molecule has 0 amide bonds. The summed E-state index contributed by atoms with van der Waals surface area (Å²) in [6.07, 6.45) is 8.39. The predicted molar refractivity (Wildman–Crippen MR) is 93.7 cm³/mol. The maximum atomic E-state index is 5.40. The Morgan fingerprint density at radius 2 is 1.52 bits per heavy atom. The Balaban J connectivity index is 0.00000182. The molecule has 1 aliphatic heterocycles. The Morgan fingerprint density at radius 1 is 0.800 bits per heavy atom. The molecule has 3 nitrogen and oxygen atoms in total. The van der Waals surface area contributed by atoms with Gasteiger partial charge in [-0.3, -0.25) is 0 Å². The zero-order valence-electron chi connectivity index (χ0n) is 13.6. The van der Waals surface area contributed by atoms with Gasteiger partial charge in [0.1, 0.15) is 0 Å². The highest BCUT2D eigenvalue weighted by molar-refractivity contribution is 5.70. The van der Waals surface area contributed by atoms with Gasteiger partial charge in [0.15, 0.2) is 30.4 Å². The topological polar surface area (TPSA) is 22.3 Å². The van der Waals surface area contributed by atoms with Crippen molar-refractivity contribution < 1.29 is 31.0 Å². The van der Waals surface area contributed by atoms with E-state index in [-0.39, 0.29) is 17.0 Å². The van der Waals surface area contributed by atoms with Gasteiger partial charge in [-0.15, -0.1) is 0 Å². The first-order valence-corrected chi connectivity index (χ1v) is 7.98. The molecule has 0 aliphatic carbocycles. The molecule has 3 aromatic rings. The molecule has 0 bridgehead atoms. The molecule has 0 spiro atoms. The third-order valence-electron chi connectivity index (χ3n) is 3.99. The summed E-state index contributed by atoms with van der Waals surface area (Å²) in [5.74, 6) is 1.62. The van der Waals surface area contributed by atoms with Crippen molar-refractivity contribution in [1.29, 1.82) is 0 Å². The van der Waals surface area contributed by atoms with Crippen molar-refractivity contribution in [1.82, 2.24) is 0 Å². The van der Waals surface area contributed by atoms with Crippen LogP contribution in [0.4, 0.5) is 0 Å². The van der Waals surface area contributed by atoms with Crippen LogP contribution in [0.3, 0.4) is 0 Å². The summed E-state index contributed by atoms with van der Waals surface area (Å²) in [5.41, 5.74) is 3.56. The monoisotopic (exact) mass is 395 g/mol. The molecule has 1 aliphatic rings. The van der Waals surface area contributed by atoms with Crippen LogP contribution >= 0.6 is 0 Å². The molecule has 0 radical (unpaired) electrons. The van der Waals surface area contributed by atoms with E-state index in [0.29, 0.717) is 6.79 Å². The van der Waals surface area contributed by atoms with Crippen LogP contribution in [0.2, 0.25) is 0 Å². The molecule has 2 heterocycles. The highest BCUT2D eigenvalue weighted by Crippen LogP contribution is 2.32. The normalized spacial score (nSPS) is 12.2. The third-order valence-corrected chi connectivity index (χ3v) is 3.99. The minimum atomic E-state index is 0. The molecule has 1 aromatic heterocycles. The largest absolute Gasteiger partial charge is 1.00 e. The van der Waals surface area contributed by atoms with Crippen molar-refractivity contribution in [3.63, 3.8) is 0 Å². The van der Waals surface area contributed by atoms with E-state index in [1.54, 1.807) is 0 Å². The van der Waals surface area contributed by atoms with Gasteiger partial charge in [-0.05, 0) is 23.3 Å². The zero-order valence-corrected chi connectivity index (χ0v) is 15.2. The fraction of sp³-hybridized carbons (Fsp3) is 0.0952. The first kappa shape index (κ1) is 17.2.